The van der Waals surface area contributed by atoms with Gasteiger partial charge < -0.3 is 15.8 Å². The summed E-state index contributed by atoms with van der Waals surface area (Å²) in [6.45, 7) is 3.95. The topological polar surface area (TPSA) is 60.2 Å². The highest BCUT2D eigenvalue weighted by Crippen LogP contribution is 2.21. The van der Waals surface area contributed by atoms with Crippen LogP contribution < -0.4 is 11.1 Å². The summed E-state index contributed by atoms with van der Waals surface area (Å²) in [6, 6.07) is 4.08. The number of nitrogen functional groups attached to an aromatic ring is 1. The fraction of sp³-hybridized carbons (Fsp3) is 0.583. The van der Waals surface area contributed by atoms with Gasteiger partial charge in [0.05, 0.1) is 0 Å². The molecule has 2 heterocycles. The zero-order chi connectivity index (χ0) is 11.4. The highest BCUT2D eigenvalue weighted by atomic mass is 16.5. The van der Waals surface area contributed by atoms with Crippen LogP contribution in [0.5, 0.6) is 0 Å². The SMILES string of the molecule is CC(Nc1cc(N)ccn1)C1CCOCC1. The molecule has 0 radical (unpaired) electrons. The molecule has 0 aliphatic carbocycles. The van der Waals surface area contributed by atoms with Crippen LogP contribution in [-0.4, -0.2) is 24.2 Å². The minimum atomic E-state index is 0.415. The van der Waals surface area contributed by atoms with E-state index in [2.05, 4.69) is 17.2 Å². The summed E-state index contributed by atoms with van der Waals surface area (Å²) in [5, 5.41) is 3.41. The van der Waals surface area contributed by atoms with Crippen molar-refractivity contribution in [2.75, 3.05) is 24.3 Å². The zero-order valence-corrected chi connectivity index (χ0v) is 9.65. The van der Waals surface area contributed by atoms with Crippen LogP contribution in [0.4, 0.5) is 11.5 Å². The molecule has 0 amide bonds. The van der Waals surface area contributed by atoms with Crippen LogP contribution in [0.1, 0.15) is 19.8 Å². The van der Waals surface area contributed by atoms with E-state index in [1.807, 2.05) is 6.07 Å². The third-order valence-electron chi connectivity index (χ3n) is 3.13. The van der Waals surface area contributed by atoms with Crippen molar-refractivity contribution in [2.24, 2.45) is 5.92 Å². The van der Waals surface area contributed by atoms with E-state index in [1.165, 1.54) is 0 Å². The van der Waals surface area contributed by atoms with Crippen molar-refractivity contribution in [3.05, 3.63) is 18.3 Å². The fourth-order valence-corrected chi connectivity index (χ4v) is 2.09. The Hall–Kier alpha value is -1.29. The molecular formula is C12H19N3O. The lowest BCUT2D eigenvalue weighted by Crippen LogP contribution is -2.31. The summed E-state index contributed by atoms with van der Waals surface area (Å²) in [6.07, 6.45) is 3.97. The minimum Gasteiger partial charge on any atom is -0.399 e. The Morgan fingerprint density at radius 3 is 2.94 bits per heavy atom. The van der Waals surface area contributed by atoms with Gasteiger partial charge in [0.2, 0.25) is 0 Å². The molecule has 1 fully saturated rings. The number of nitrogens with zero attached hydrogens (tertiary/aromatic N) is 1. The first-order chi connectivity index (χ1) is 7.75. The maximum atomic E-state index is 5.71. The summed E-state index contributed by atoms with van der Waals surface area (Å²) >= 11 is 0. The predicted octanol–water partition coefficient (Wildman–Crippen LogP) is 1.89. The van der Waals surface area contributed by atoms with Crippen LogP contribution >= 0.6 is 0 Å². The van der Waals surface area contributed by atoms with Crippen molar-refractivity contribution < 1.29 is 4.74 Å². The van der Waals surface area contributed by atoms with Crippen molar-refractivity contribution in [3.63, 3.8) is 0 Å². The lowest BCUT2D eigenvalue weighted by atomic mass is 9.93. The van der Waals surface area contributed by atoms with E-state index < -0.39 is 0 Å². The molecule has 4 heteroatoms. The van der Waals surface area contributed by atoms with E-state index in [0.29, 0.717) is 12.0 Å². The van der Waals surface area contributed by atoms with Crippen molar-refractivity contribution in [2.45, 2.75) is 25.8 Å². The van der Waals surface area contributed by atoms with Gasteiger partial charge in [0, 0.05) is 37.2 Å². The number of hydrogen-bond donors (Lipinski definition) is 2. The van der Waals surface area contributed by atoms with Crippen molar-refractivity contribution >= 4 is 11.5 Å². The van der Waals surface area contributed by atoms with Crippen molar-refractivity contribution in [3.8, 4) is 0 Å². The molecule has 1 aliphatic rings. The second-order valence-electron chi connectivity index (χ2n) is 4.36. The second-order valence-corrected chi connectivity index (χ2v) is 4.36. The molecule has 0 aromatic carbocycles. The molecule has 2 rings (SSSR count). The average molecular weight is 221 g/mol. The van der Waals surface area contributed by atoms with Gasteiger partial charge in [-0.15, -0.1) is 0 Å². The predicted molar refractivity (Wildman–Crippen MR) is 65.3 cm³/mol. The molecule has 88 valence electrons. The Kier molecular flexibility index (Phi) is 3.62. The van der Waals surface area contributed by atoms with E-state index in [-0.39, 0.29) is 0 Å². The van der Waals surface area contributed by atoms with Gasteiger partial charge in [0.25, 0.3) is 0 Å². The normalized spacial score (nSPS) is 19.3. The summed E-state index contributed by atoms with van der Waals surface area (Å²) in [5.41, 5.74) is 6.46. The molecule has 1 aromatic rings. The van der Waals surface area contributed by atoms with Crippen LogP contribution in [0, 0.1) is 5.92 Å². The molecule has 1 aliphatic heterocycles. The number of anilines is 2. The number of pyridine rings is 1. The number of ether oxygens (including phenoxy) is 1. The quantitative estimate of drug-likeness (QED) is 0.818. The molecule has 1 unspecified atom stereocenters. The van der Waals surface area contributed by atoms with Crippen LogP contribution in [-0.2, 0) is 4.74 Å². The zero-order valence-electron chi connectivity index (χ0n) is 9.65. The summed E-state index contributed by atoms with van der Waals surface area (Å²) < 4.78 is 5.36. The molecule has 0 spiro atoms. The molecule has 16 heavy (non-hydrogen) atoms. The Labute approximate surface area is 96.2 Å². The molecule has 3 N–H and O–H groups in total. The monoisotopic (exact) mass is 221 g/mol. The van der Waals surface area contributed by atoms with Gasteiger partial charge in [-0.25, -0.2) is 4.98 Å². The lowest BCUT2D eigenvalue weighted by Gasteiger charge is -2.28. The highest BCUT2D eigenvalue weighted by Gasteiger charge is 2.20. The molecule has 4 nitrogen and oxygen atoms in total. The fourth-order valence-electron chi connectivity index (χ4n) is 2.09. The summed E-state index contributed by atoms with van der Waals surface area (Å²) in [4.78, 5) is 4.25. The molecule has 1 aromatic heterocycles. The van der Waals surface area contributed by atoms with Crippen LogP contribution in [0.25, 0.3) is 0 Å². The Balaban J connectivity index is 1.93. The molecule has 1 atom stereocenters. The van der Waals surface area contributed by atoms with Gasteiger partial charge in [-0.2, -0.15) is 0 Å². The molecule has 0 saturated carbocycles. The van der Waals surface area contributed by atoms with Gasteiger partial charge in [-0.3, -0.25) is 0 Å². The van der Waals surface area contributed by atoms with Gasteiger partial charge in [0.1, 0.15) is 5.82 Å². The first kappa shape index (κ1) is 11.2. The average Bonchev–Trinajstić information content (AvgIpc) is 2.30. The number of hydrogen-bond acceptors (Lipinski definition) is 4. The Morgan fingerprint density at radius 1 is 1.50 bits per heavy atom. The standard InChI is InChI=1S/C12H19N3O/c1-9(10-3-6-16-7-4-10)15-12-8-11(13)2-5-14-12/h2,5,8-10H,3-4,6-7H2,1H3,(H3,13,14,15). The first-order valence-corrected chi connectivity index (χ1v) is 5.81. The Morgan fingerprint density at radius 2 is 2.25 bits per heavy atom. The van der Waals surface area contributed by atoms with Gasteiger partial charge in [-0.05, 0) is 31.7 Å². The molecular weight excluding hydrogens is 202 g/mol. The summed E-state index contributed by atoms with van der Waals surface area (Å²) in [5.74, 6) is 1.52. The molecule has 0 bridgehead atoms. The highest BCUT2D eigenvalue weighted by molar-refractivity contribution is 5.48. The largest absolute Gasteiger partial charge is 0.399 e. The van der Waals surface area contributed by atoms with Crippen molar-refractivity contribution in [1.82, 2.24) is 4.98 Å². The van der Waals surface area contributed by atoms with Crippen LogP contribution in [0.15, 0.2) is 18.3 Å². The van der Waals surface area contributed by atoms with E-state index in [0.717, 1.165) is 37.6 Å². The van der Waals surface area contributed by atoms with E-state index in [9.17, 15) is 0 Å². The van der Waals surface area contributed by atoms with Gasteiger partial charge in [0.15, 0.2) is 0 Å². The third kappa shape index (κ3) is 2.85. The maximum Gasteiger partial charge on any atom is 0.128 e. The third-order valence-corrected chi connectivity index (χ3v) is 3.13. The number of nitrogens with one attached hydrogen (secondary N) is 1. The van der Waals surface area contributed by atoms with E-state index >= 15 is 0 Å². The van der Waals surface area contributed by atoms with E-state index in [1.54, 1.807) is 12.3 Å². The number of aromatic nitrogens is 1. The lowest BCUT2D eigenvalue weighted by molar-refractivity contribution is 0.0622. The number of nitrogens with two attached hydrogens (primary N) is 1. The number of rotatable bonds is 3. The second kappa shape index (κ2) is 5.16. The Bertz CT molecular complexity index is 337. The van der Waals surface area contributed by atoms with Crippen LogP contribution in [0.2, 0.25) is 0 Å². The van der Waals surface area contributed by atoms with E-state index in [4.69, 9.17) is 10.5 Å². The van der Waals surface area contributed by atoms with Gasteiger partial charge in [-0.1, -0.05) is 0 Å². The maximum absolute atomic E-state index is 5.71. The summed E-state index contributed by atoms with van der Waals surface area (Å²) in [7, 11) is 0. The smallest absolute Gasteiger partial charge is 0.128 e. The van der Waals surface area contributed by atoms with Crippen molar-refractivity contribution in [1.29, 1.82) is 0 Å². The first-order valence-electron chi connectivity index (χ1n) is 5.81. The molecule has 1 saturated heterocycles. The minimum absolute atomic E-state index is 0.415. The van der Waals surface area contributed by atoms with Crippen LogP contribution in [0.3, 0.4) is 0 Å². The van der Waals surface area contributed by atoms with Gasteiger partial charge >= 0.3 is 0 Å².